The van der Waals surface area contributed by atoms with Crippen molar-refractivity contribution in [3.63, 3.8) is 0 Å². The first-order chi connectivity index (χ1) is 9.38. The molecule has 0 saturated heterocycles. The van der Waals surface area contributed by atoms with Crippen LogP contribution in [-0.4, -0.2) is 24.7 Å². The second kappa shape index (κ2) is 5.43. The Balaban J connectivity index is 2.52. The van der Waals surface area contributed by atoms with Crippen LogP contribution in [-0.2, 0) is 7.05 Å². The number of H-pyrrole nitrogens is 1. The van der Waals surface area contributed by atoms with E-state index in [9.17, 15) is 19.7 Å². The average Bonchev–Trinajstić information content (AvgIpc) is 2.35. The van der Waals surface area contributed by atoms with Crippen molar-refractivity contribution in [3.05, 3.63) is 48.1 Å². The Labute approximate surface area is 119 Å². The Morgan fingerprint density at radius 2 is 2.10 bits per heavy atom. The maximum Gasteiger partial charge on any atom is 0.339 e. The number of nitrogens with zero attached hydrogens (tertiary/aromatic N) is 4. The van der Waals surface area contributed by atoms with Gasteiger partial charge in [-0.05, 0) is 17.8 Å². The number of nitrogens with one attached hydrogen (secondary N) is 1. The van der Waals surface area contributed by atoms with E-state index in [2.05, 4.69) is 15.1 Å². The molecule has 0 aliphatic rings. The topological polar surface area (TPSA) is 124 Å². The first-order valence-electron chi connectivity index (χ1n) is 5.04. The van der Waals surface area contributed by atoms with E-state index in [-0.39, 0.29) is 21.0 Å². The maximum atomic E-state index is 11.2. The Kier molecular flexibility index (Phi) is 3.86. The van der Waals surface area contributed by atoms with Gasteiger partial charge in [-0.3, -0.25) is 29.5 Å². The lowest BCUT2D eigenvalue weighted by Gasteiger charge is -2.05. The van der Waals surface area contributed by atoms with Crippen molar-refractivity contribution in [3.8, 4) is 0 Å². The predicted octanol–water partition coefficient (Wildman–Crippen LogP) is 0.576. The number of hydrogen-bond acceptors (Lipinski definition) is 7. The lowest BCUT2D eigenvalue weighted by molar-refractivity contribution is -0.388. The Morgan fingerprint density at radius 1 is 1.40 bits per heavy atom. The van der Waals surface area contributed by atoms with Gasteiger partial charge in [-0.25, -0.2) is 4.98 Å². The van der Waals surface area contributed by atoms with Crippen LogP contribution in [0.2, 0.25) is 5.15 Å². The van der Waals surface area contributed by atoms with Crippen LogP contribution >= 0.6 is 23.4 Å². The van der Waals surface area contributed by atoms with Crippen LogP contribution in [0.5, 0.6) is 0 Å². The third kappa shape index (κ3) is 2.86. The molecular formula is C9H6ClN5O4S. The predicted molar refractivity (Wildman–Crippen MR) is 70.1 cm³/mol. The van der Waals surface area contributed by atoms with Crippen LogP contribution in [0.3, 0.4) is 0 Å². The number of aromatic amines is 1. The molecule has 0 aliphatic heterocycles. The summed E-state index contributed by atoms with van der Waals surface area (Å²) in [5.74, 6) is 0. The van der Waals surface area contributed by atoms with Crippen LogP contribution in [0.15, 0.2) is 31.9 Å². The van der Waals surface area contributed by atoms with Crippen molar-refractivity contribution in [1.82, 2.24) is 19.7 Å². The quantitative estimate of drug-likeness (QED) is 0.380. The second-order valence-electron chi connectivity index (χ2n) is 3.52. The van der Waals surface area contributed by atoms with E-state index in [1.165, 1.54) is 23.9 Å². The second-order valence-corrected chi connectivity index (χ2v) is 4.86. The minimum absolute atomic E-state index is 0.0305. The molecule has 2 rings (SSSR count). The largest absolute Gasteiger partial charge is 0.339 e. The van der Waals surface area contributed by atoms with Crippen molar-refractivity contribution >= 4 is 29.1 Å². The lowest BCUT2D eigenvalue weighted by Crippen LogP contribution is -2.33. The summed E-state index contributed by atoms with van der Waals surface area (Å²) >= 11 is 6.44. The van der Waals surface area contributed by atoms with Crippen molar-refractivity contribution in [2.75, 3.05) is 0 Å². The molecule has 0 aromatic carbocycles. The van der Waals surface area contributed by atoms with Crippen LogP contribution in [0, 0.1) is 10.1 Å². The molecule has 0 radical (unpaired) electrons. The fourth-order valence-electron chi connectivity index (χ4n) is 1.26. The number of hydrogen-bond donors (Lipinski definition) is 1. The highest BCUT2D eigenvalue weighted by Crippen LogP contribution is 2.32. The molecule has 0 atom stereocenters. The highest BCUT2D eigenvalue weighted by molar-refractivity contribution is 7.99. The van der Waals surface area contributed by atoms with Gasteiger partial charge in [0.15, 0.2) is 10.2 Å². The molecule has 0 saturated carbocycles. The van der Waals surface area contributed by atoms with Gasteiger partial charge in [0.2, 0.25) is 0 Å². The Morgan fingerprint density at radius 3 is 2.75 bits per heavy atom. The zero-order valence-corrected chi connectivity index (χ0v) is 11.4. The van der Waals surface area contributed by atoms with Gasteiger partial charge in [-0.1, -0.05) is 11.6 Å². The summed E-state index contributed by atoms with van der Waals surface area (Å²) in [6.45, 7) is 0. The highest BCUT2D eigenvalue weighted by Gasteiger charge is 2.19. The number of halogens is 1. The van der Waals surface area contributed by atoms with E-state index < -0.39 is 16.0 Å². The van der Waals surface area contributed by atoms with Crippen LogP contribution in [0.1, 0.15) is 0 Å². The van der Waals surface area contributed by atoms with E-state index in [0.717, 1.165) is 11.8 Å². The summed E-state index contributed by atoms with van der Waals surface area (Å²) in [4.78, 5) is 39.9. The van der Waals surface area contributed by atoms with Gasteiger partial charge in [-0.2, -0.15) is 4.98 Å². The highest BCUT2D eigenvalue weighted by atomic mass is 35.5. The van der Waals surface area contributed by atoms with Crippen LogP contribution < -0.4 is 11.1 Å². The average molecular weight is 316 g/mol. The molecule has 20 heavy (non-hydrogen) atoms. The molecule has 104 valence electrons. The van der Waals surface area contributed by atoms with E-state index >= 15 is 0 Å². The lowest BCUT2D eigenvalue weighted by atomic mass is 10.4. The van der Waals surface area contributed by atoms with E-state index in [1.807, 2.05) is 0 Å². The van der Waals surface area contributed by atoms with Crippen molar-refractivity contribution < 1.29 is 4.92 Å². The fraction of sp³-hybridized carbons (Fsp3) is 0.111. The summed E-state index contributed by atoms with van der Waals surface area (Å²) in [7, 11) is 1.44. The molecule has 0 spiro atoms. The smallest absolute Gasteiger partial charge is 0.265 e. The molecule has 2 heterocycles. The molecule has 0 fully saturated rings. The van der Waals surface area contributed by atoms with Crippen LogP contribution in [0.25, 0.3) is 0 Å². The Hall–Kier alpha value is -2.20. The summed E-state index contributed by atoms with van der Waals surface area (Å²) in [6, 6.07) is 2.48. The third-order valence-electron chi connectivity index (χ3n) is 2.14. The van der Waals surface area contributed by atoms with Gasteiger partial charge in [0, 0.05) is 13.1 Å². The summed E-state index contributed by atoms with van der Waals surface area (Å²) in [5, 5.41) is 13.2. The summed E-state index contributed by atoms with van der Waals surface area (Å²) in [6.07, 6.45) is 0. The number of aryl methyl sites for hydroxylation is 1. The molecule has 11 heteroatoms. The van der Waals surface area contributed by atoms with Crippen molar-refractivity contribution in [2.45, 2.75) is 10.2 Å². The van der Waals surface area contributed by atoms with Gasteiger partial charge in [0.1, 0.15) is 5.15 Å². The number of nitro groups is 1. The molecule has 0 unspecified atom stereocenters. The number of aromatic nitrogens is 4. The minimum Gasteiger partial charge on any atom is -0.265 e. The SMILES string of the molecule is Cn1[nH]c(=O)c(=O)nc1Sc1nc(Cl)ccc1[N+](=O)[O-]. The molecule has 2 aromatic heterocycles. The summed E-state index contributed by atoms with van der Waals surface area (Å²) in [5.41, 5.74) is -2.15. The van der Waals surface area contributed by atoms with Gasteiger partial charge in [0.05, 0.1) is 4.92 Å². The zero-order chi connectivity index (χ0) is 14.9. The van der Waals surface area contributed by atoms with Crippen molar-refractivity contribution in [2.24, 2.45) is 7.05 Å². The third-order valence-corrected chi connectivity index (χ3v) is 3.39. The first-order valence-corrected chi connectivity index (χ1v) is 6.24. The normalized spacial score (nSPS) is 10.5. The van der Waals surface area contributed by atoms with Crippen LogP contribution in [0.4, 0.5) is 5.69 Å². The van der Waals surface area contributed by atoms with Gasteiger partial charge >= 0.3 is 16.8 Å². The molecule has 2 aromatic rings. The van der Waals surface area contributed by atoms with E-state index in [0.29, 0.717) is 0 Å². The molecule has 0 aliphatic carbocycles. The maximum absolute atomic E-state index is 11.2. The van der Waals surface area contributed by atoms with E-state index in [4.69, 9.17) is 11.6 Å². The van der Waals surface area contributed by atoms with Gasteiger partial charge < -0.3 is 0 Å². The molecule has 0 bridgehead atoms. The van der Waals surface area contributed by atoms with E-state index in [1.54, 1.807) is 0 Å². The molecular weight excluding hydrogens is 310 g/mol. The monoisotopic (exact) mass is 315 g/mol. The standard InChI is InChI=1S/C9H6ClN5O4S/c1-14-9(12-6(16)7(17)13-14)20-8-4(15(18)19)2-3-5(10)11-8/h2-3H,1H3,(H,13,17). The number of rotatable bonds is 3. The van der Waals surface area contributed by atoms with Gasteiger partial charge in [-0.15, -0.1) is 0 Å². The van der Waals surface area contributed by atoms with Crippen molar-refractivity contribution in [1.29, 1.82) is 0 Å². The summed E-state index contributed by atoms with van der Waals surface area (Å²) < 4.78 is 1.17. The minimum atomic E-state index is -0.990. The first kappa shape index (κ1) is 14.2. The zero-order valence-electron chi connectivity index (χ0n) is 9.86. The molecule has 9 nitrogen and oxygen atoms in total. The Bertz CT molecular complexity index is 802. The van der Waals surface area contributed by atoms with Gasteiger partial charge in [0.25, 0.3) is 0 Å². The molecule has 1 N–H and O–H groups in total. The molecule has 0 amide bonds. The number of pyridine rings is 1. The fourth-order valence-corrected chi connectivity index (χ4v) is 2.34.